The van der Waals surface area contributed by atoms with Crippen molar-refractivity contribution in [2.24, 2.45) is 0 Å². The molecule has 3 aromatic carbocycles. The summed E-state index contributed by atoms with van der Waals surface area (Å²) in [5, 5.41) is 4.00. The quantitative estimate of drug-likeness (QED) is 0.303. The smallest absolute Gasteiger partial charge is 0.336 e. The lowest BCUT2D eigenvalue weighted by molar-refractivity contribution is -0.121. The summed E-state index contributed by atoms with van der Waals surface area (Å²) >= 11 is 0. The molecule has 0 fully saturated rings. The Morgan fingerprint density at radius 1 is 1.08 bits per heavy atom. The number of aromatic nitrogens is 2. The van der Waals surface area contributed by atoms with E-state index in [1.165, 1.54) is 6.07 Å². The van der Waals surface area contributed by atoms with Gasteiger partial charge in [0.25, 0.3) is 0 Å². The molecule has 0 aliphatic carbocycles. The summed E-state index contributed by atoms with van der Waals surface area (Å²) in [5.74, 6) is 1.22. The molecule has 0 aliphatic rings. The molecule has 0 saturated carbocycles. The van der Waals surface area contributed by atoms with Crippen molar-refractivity contribution in [2.45, 2.75) is 32.2 Å². The molecule has 0 spiro atoms. The maximum Gasteiger partial charge on any atom is 0.336 e. The Kier molecular flexibility index (Phi) is 6.54. The third-order valence-electron chi connectivity index (χ3n) is 6.33. The van der Waals surface area contributed by atoms with Gasteiger partial charge in [-0.3, -0.25) is 4.79 Å². The van der Waals surface area contributed by atoms with Crippen LogP contribution in [0.4, 0.5) is 0 Å². The number of carbonyl (C=O) groups is 1. The van der Waals surface area contributed by atoms with Gasteiger partial charge in [0.1, 0.15) is 17.2 Å². The molecule has 2 aromatic heterocycles. The SMILES string of the molecule is COc1cc2oc(=O)cc(C)c2cc1CCC(=O)N[C@@H](Cc1ccccc1)c1nc2ccccc2[nH]1. The third kappa shape index (κ3) is 5.00. The van der Waals surface area contributed by atoms with E-state index in [0.717, 1.165) is 38.9 Å². The van der Waals surface area contributed by atoms with E-state index in [1.807, 2.05) is 67.6 Å². The van der Waals surface area contributed by atoms with E-state index < -0.39 is 5.63 Å². The Labute approximate surface area is 208 Å². The van der Waals surface area contributed by atoms with Crippen LogP contribution in [0.15, 0.2) is 82.0 Å². The number of aryl methyl sites for hydroxylation is 2. The van der Waals surface area contributed by atoms with Crippen molar-refractivity contribution in [2.75, 3.05) is 7.11 Å². The van der Waals surface area contributed by atoms with Crippen molar-refractivity contribution in [3.8, 4) is 5.75 Å². The first-order valence-electron chi connectivity index (χ1n) is 11.9. The summed E-state index contributed by atoms with van der Waals surface area (Å²) in [6.07, 6.45) is 1.36. The van der Waals surface area contributed by atoms with Crippen molar-refractivity contribution in [3.63, 3.8) is 0 Å². The maximum absolute atomic E-state index is 13.1. The highest BCUT2D eigenvalue weighted by molar-refractivity contribution is 5.83. The number of benzene rings is 3. The zero-order valence-corrected chi connectivity index (χ0v) is 20.2. The van der Waals surface area contributed by atoms with Crippen LogP contribution in [-0.2, 0) is 17.6 Å². The Morgan fingerprint density at radius 2 is 1.86 bits per heavy atom. The van der Waals surface area contributed by atoms with Gasteiger partial charge in [0.15, 0.2) is 0 Å². The second-order valence-corrected chi connectivity index (χ2v) is 8.86. The molecule has 2 N–H and O–H groups in total. The van der Waals surface area contributed by atoms with Gasteiger partial charge >= 0.3 is 5.63 Å². The number of aromatic amines is 1. The van der Waals surface area contributed by atoms with Crippen molar-refractivity contribution >= 4 is 27.9 Å². The van der Waals surface area contributed by atoms with Crippen molar-refractivity contribution < 1.29 is 13.9 Å². The number of rotatable bonds is 8. The first-order valence-corrected chi connectivity index (χ1v) is 11.9. The van der Waals surface area contributed by atoms with Gasteiger partial charge in [-0.15, -0.1) is 0 Å². The Balaban J connectivity index is 1.37. The highest BCUT2D eigenvalue weighted by Crippen LogP contribution is 2.28. The van der Waals surface area contributed by atoms with Crippen LogP contribution in [-0.4, -0.2) is 23.0 Å². The van der Waals surface area contributed by atoms with Gasteiger partial charge in [-0.05, 0) is 54.7 Å². The van der Waals surface area contributed by atoms with Gasteiger partial charge in [0, 0.05) is 23.9 Å². The van der Waals surface area contributed by atoms with E-state index in [9.17, 15) is 9.59 Å². The predicted octanol–water partition coefficient (Wildman–Crippen LogP) is 5.02. The van der Waals surface area contributed by atoms with Gasteiger partial charge in [0.2, 0.25) is 5.91 Å². The van der Waals surface area contributed by atoms with Crippen molar-refractivity contribution in [1.29, 1.82) is 0 Å². The first kappa shape index (κ1) is 23.4. The number of ether oxygens (including phenoxy) is 1. The molecule has 5 rings (SSSR count). The monoisotopic (exact) mass is 481 g/mol. The van der Waals surface area contributed by atoms with E-state index in [2.05, 4.69) is 10.3 Å². The number of para-hydroxylation sites is 2. The summed E-state index contributed by atoms with van der Waals surface area (Å²) in [6.45, 7) is 1.86. The van der Waals surface area contributed by atoms with Gasteiger partial charge in [-0.2, -0.15) is 0 Å². The average molecular weight is 482 g/mol. The van der Waals surface area contributed by atoms with E-state index >= 15 is 0 Å². The zero-order chi connectivity index (χ0) is 25.1. The lowest BCUT2D eigenvalue weighted by Gasteiger charge is -2.17. The summed E-state index contributed by atoms with van der Waals surface area (Å²) in [7, 11) is 1.57. The Bertz CT molecular complexity index is 1550. The zero-order valence-electron chi connectivity index (χ0n) is 20.2. The molecule has 5 aromatic rings. The maximum atomic E-state index is 13.1. The van der Waals surface area contributed by atoms with Crippen molar-refractivity contribution in [1.82, 2.24) is 15.3 Å². The lowest BCUT2D eigenvalue weighted by Crippen LogP contribution is -2.31. The standard InChI is InChI=1S/C29H27N3O4/c1-18-14-28(34)36-26-17-25(35-2)20(16-21(18)26)12-13-27(33)30-24(15-19-8-4-3-5-9-19)29-31-22-10-6-7-11-23(22)32-29/h3-11,14,16-17,24H,12-13,15H2,1-2H3,(H,30,33)(H,31,32)/t24-/m0/s1. The second-order valence-electron chi connectivity index (χ2n) is 8.86. The fraction of sp³-hybridized carbons (Fsp3) is 0.207. The third-order valence-corrected chi connectivity index (χ3v) is 6.33. The molecule has 1 atom stereocenters. The van der Waals surface area contributed by atoms with Crippen LogP contribution in [0.5, 0.6) is 5.75 Å². The Morgan fingerprint density at radius 3 is 2.64 bits per heavy atom. The van der Waals surface area contributed by atoms with Crippen LogP contribution >= 0.6 is 0 Å². The number of amides is 1. The molecular weight excluding hydrogens is 454 g/mol. The molecule has 0 aliphatic heterocycles. The van der Waals surface area contributed by atoms with Gasteiger partial charge < -0.3 is 19.5 Å². The molecule has 0 saturated heterocycles. The molecule has 1 amide bonds. The average Bonchev–Trinajstić information content (AvgIpc) is 3.32. The summed E-state index contributed by atoms with van der Waals surface area (Å²) in [6, 6.07) is 22.7. The van der Waals surface area contributed by atoms with Crippen LogP contribution in [0.25, 0.3) is 22.0 Å². The predicted molar refractivity (Wildman–Crippen MR) is 139 cm³/mol. The fourth-order valence-electron chi connectivity index (χ4n) is 4.49. The molecule has 0 unspecified atom stereocenters. The topological polar surface area (TPSA) is 97.2 Å². The molecule has 2 heterocycles. The number of fused-ring (bicyclic) bond motifs is 2. The lowest BCUT2D eigenvalue weighted by atomic mass is 10.0. The first-order chi connectivity index (χ1) is 17.5. The van der Waals surface area contributed by atoms with Crippen LogP contribution in [0.3, 0.4) is 0 Å². The summed E-state index contributed by atoms with van der Waals surface area (Å²) in [5.41, 5.74) is 4.67. The van der Waals surface area contributed by atoms with Gasteiger partial charge in [-0.1, -0.05) is 42.5 Å². The number of nitrogens with zero attached hydrogens (tertiary/aromatic N) is 1. The number of imidazole rings is 1. The number of nitrogens with one attached hydrogen (secondary N) is 2. The molecule has 182 valence electrons. The number of hydrogen-bond donors (Lipinski definition) is 2. The normalized spacial score (nSPS) is 12.1. The van der Waals surface area contributed by atoms with Gasteiger partial charge in [0.05, 0.1) is 24.2 Å². The largest absolute Gasteiger partial charge is 0.496 e. The van der Waals surface area contributed by atoms with Crippen LogP contribution in [0.2, 0.25) is 0 Å². The van der Waals surface area contributed by atoms with E-state index in [4.69, 9.17) is 14.1 Å². The van der Waals surface area contributed by atoms with Crippen molar-refractivity contribution in [3.05, 3.63) is 106 Å². The van der Waals surface area contributed by atoms with Crippen LogP contribution in [0.1, 0.15) is 35.0 Å². The highest BCUT2D eigenvalue weighted by atomic mass is 16.5. The molecule has 36 heavy (non-hydrogen) atoms. The molecule has 7 nitrogen and oxygen atoms in total. The number of methoxy groups -OCH3 is 1. The summed E-state index contributed by atoms with van der Waals surface area (Å²) < 4.78 is 10.8. The van der Waals surface area contributed by atoms with Crippen LogP contribution in [0, 0.1) is 6.92 Å². The minimum atomic E-state index is -0.399. The Hall–Kier alpha value is -4.39. The van der Waals surface area contributed by atoms with E-state index in [-0.39, 0.29) is 18.4 Å². The molecule has 0 bridgehead atoms. The van der Waals surface area contributed by atoms with E-state index in [1.54, 1.807) is 13.2 Å². The second kappa shape index (κ2) is 10.1. The molecular formula is C29H27N3O4. The highest BCUT2D eigenvalue weighted by Gasteiger charge is 2.20. The van der Waals surface area contributed by atoms with Crippen LogP contribution < -0.4 is 15.7 Å². The fourth-order valence-corrected chi connectivity index (χ4v) is 4.49. The molecule has 0 radical (unpaired) electrons. The minimum absolute atomic E-state index is 0.0881. The molecule has 7 heteroatoms. The summed E-state index contributed by atoms with van der Waals surface area (Å²) in [4.78, 5) is 33.0. The number of H-pyrrole nitrogens is 1. The number of carbonyl (C=O) groups excluding carboxylic acids is 1. The number of hydrogen-bond acceptors (Lipinski definition) is 5. The minimum Gasteiger partial charge on any atom is -0.496 e. The van der Waals surface area contributed by atoms with Gasteiger partial charge in [-0.25, -0.2) is 9.78 Å². The van der Waals surface area contributed by atoms with E-state index in [0.29, 0.717) is 24.2 Å².